The fourth-order valence-corrected chi connectivity index (χ4v) is 3.12. The van der Waals surface area contributed by atoms with Gasteiger partial charge < -0.3 is 15.2 Å². The minimum absolute atomic E-state index is 0.223. The Kier molecular flexibility index (Phi) is 5.29. The van der Waals surface area contributed by atoms with Crippen LogP contribution in [0.2, 0.25) is 0 Å². The molecule has 3 nitrogen and oxygen atoms in total. The molecule has 2 aromatic rings. The van der Waals surface area contributed by atoms with E-state index in [9.17, 15) is 0 Å². The zero-order chi connectivity index (χ0) is 14.7. The maximum absolute atomic E-state index is 6.37. The minimum atomic E-state index is -0.223. The van der Waals surface area contributed by atoms with E-state index in [0.717, 1.165) is 19.2 Å². The summed E-state index contributed by atoms with van der Waals surface area (Å²) in [6, 6.07) is 11.7. The molecule has 5 heteroatoms. The Hall–Kier alpha value is -0.790. The minimum Gasteiger partial charge on any atom is -0.493 e. The van der Waals surface area contributed by atoms with Gasteiger partial charge in [-0.05, 0) is 58.0 Å². The number of nitrogens with two attached hydrogens (primary N) is 1. The van der Waals surface area contributed by atoms with E-state index in [1.165, 1.54) is 0 Å². The highest BCUT2D eigenvalue weighted by atomic mass is 127. The average molecular weight is 448 g/mol. The number of hydrogen-bond acceptors (Lipinski definition) is 3. The Morgan fingerprint density at radius 3 is 2.35 bits per heavy atom. The smallest absolute Gasteiger partial charge is 0.161 e. The predicted molar refractivity (Wildman–Crippen MR) is 92.4 cm³/mol. The predicted octanol–water partition coefficient (Wildman–Crippen LogP) is 4.12. The molecule has 106 valence electrons. The normalized spacial score (nSPS) is 12.1. The molecule has 2 aromatic carbocycles. The van der Waals surface area contributed by atoms with Crippen molar-refractivity contribution in [3.8, 4) is 11.5 Å². The second-order valence-corrected chi connectivity index (χ2v) is 6.36. The second kappa shape index (κ2) is 6.78. The van der Waals surface area contributed by atoms with Gasteiger partial charge in [0.2, 0.25) is 0 Å². The topological polar surface area (TPSA) is 44.5 Å². The van der Waals surface area contributed by atoms with Crippen molar-refractivity contribution < 1.29 is 9.47 Å². The van der Waals surface area contributed by atoms with Crippen LogP contribution in [0.15, 0.2) is 40.9 Å². The van der Waals surface area contributed by atoms with E-state index in [-0.39, 0.29) is 6.04 Å². The molecule has 20 heavy (non-hydrogen) atoms. The zero-order valence-electron chi connectivity index (χ0n) is 11.2. The first kappa shape index (κ1) is 15.6. The maximum atomic E-state index is 6.37. The van der Waals surface area contributed by atoms with E-state index in [1.54, 1.807) is 14.2 Å². The van der Waals surface area contributed by atoms with Gasteiger partial charge >= 0.3 is 0 Å². The van der Waals surface area contributed by atoms with Gasteiger partial charge in [0.05, 0.1) is 20.3 Å². The molecule has 0 aromatic heterocycles. The Morgan fingerprint density at radius 1 is 1.10 bits per heavy atom. The molecule has 0 saturated carbocycles. The monoisotopic (exact) mass is 447 g/mol. The Bertz CT molecular complexity index is 619. The number of benzene rings is 2. The van der Waals surface area contributed by atoms with Crippen LogP contribution >= 0.6 is 38.5 Å². The Morgan fingerprint density at radius 2 is 1.75 bits per heavy atom. The lowest BCUT2D eigenvalue weighted by atomic mass is 9.99. The van der Waals surface area contributed by atoms with Crippen LogP contribution in [0.1, 0.15) is 17.2 Å². The van der Waals surface area contributed by atoms with Crippen molar-refractivity contribution in [1.82, 2.24) is 0 Å². The molecule has 0 aliphatic heterocycles. The Balaban J connectivity index is 2.46. The van der Waals surface area contributed by atoms with Gasteiger partial charge in [0, 0.05) is 8.04 Å². The molecule has 0 aliphatic carbocycles. The first-order valence-electron chi connectivity index (χ1n) is 5.99. The van der Waals surface area contributed by atoms with Gasteiger partial charge in [0.1, 0.15) is 0 Å². The summed E-state index contributed by atoms with van der Waals surface area (Å²) in [5.41, 5.74) is 8.39. The van der Waals surface area contributed by atoms with E-state index >= 15 is 0 Å². The number of hydrogen-bond donors (Lipinski definition) is 1. The van der Waals surface area contributed by atoms with Crippen molar-refractivity contribution in [1.29, 1.82) is 0 Å². The SMILES string of the molecule is COc1cc(Br)c(C(N)c2cccc(I)c2)cc1OC. The highest BCUT2D eigenvalue weighted by Crippen LogP contribution is 2.37. The number of halogens is 2. The molecule has 1 atom stereocenters. The number of methoxy groups -OCH3 is 2. The highest BCUT2D eigenvalue weighted by Gasteiger charge is 2.16. The highest BCUT2D eigenvalue weighted by molar-refractivity contribution is 14.1. The van der Waals surface area contributed by atoms with Crippen molar-refractivity contribution in [3.63, 3.8) is 0 Å². The van der Waals surface area contributed by atoms with Crippen molar-refractivity contribution in [3.05, 3.63) is 55.6 Å². The van der Waals surface area contributed by atoms with Gasteiger partial charge in [-0.1, -0.05) is 28.1 Å². The van der Waals surface area contributed by atoms with E-state index < -0.39 is 0 Å². The molecule has 2 N–H and O–H groups in total. The summed E-state index contributed by atoms with van der Waals surface area (Å²) >= 11 is 5.83. The first-order chi connectivity index (χ1) is 9.56. The molecule has 0 radical (unpaired) electrons. The molecule has 2 rings (SSSR count). The quantitative estimate of drug-likeness (QED) is 0.717. The van der Waals surface area contributed by atoms with E-state index in [0.29, 0.717) is 11.5 Å². The summed E-state index contributed by atoms with van der Waals surface area (Å²) < 4.78 is 12.7. The molecule has 0 saturated heterocycles. The van der Waals surface area contributed by atoms with Gasteiger partial charge in [-0.3, -0.25) is 0 Å². The van der Waals surface area contributed by atoms with Gasteiger partial charge in [-0.2, -0.15) is 0 Å². The molecular formula is C15H15BrINO2. The van der Waals surface area contributed by atoms with Crippen molar-refractivity contribution in [2.45, 2.75) is 6.04 Å². The first-order valence-corrected chi connectivity index (χ1v) is 7.86. The number of ether oxygens (including phenoxy) is 2. The summed E-state index contributed by atoms with van der Waals surface area (Å²) in [5.74, 6) is 1.35. The molecule has 0 amide bonds. The van der Waals surface area contributed by atoms with Crippen LogP contribution < -0.4 is 15.2 Å². The second-order valence-electron chi connectivity index (χ2n) is 4.26. The van der Waals surface area contributed by atoms with Gasteiger partial charge in [-0.25, -0.2) is 0 Å². The third-order valence-corrected chi connectivity index (χ3v) is 4.40. The molecule has 0 spiro atoms. The van der Waals surface area contributed by atoms with E-state index in [1.807, 2.05) is 30.3 Å². The largest absolute Gasteiger partial charge is 0.493 e. The average Bonchev–Trinajstić information content (AvgIpc) is 2.46. The van der Waals surface area contributed by atoms with E-state index in [2.05, 4.69) is 44.6 Å². The summed E-state index contributed by atoms with van der Waals surface area (Å²) in [6.07, 6.45) is 0. The van der Waals surface area contributed by atoms with Gasteiger partial charge in [-0.15, -0.1) is 0 Å². The fraction of sp³-hybridized carbons (Fsp3) is 0.200. The van der Waals surface area contributed by atoms with Crippen LogP contribution in [-0.4, -0.2) is 14.2 Å². The van der Waals surface area contributed by atoms with Crippen molar-refractivity contribution in [2.24, 2.45) is 5.73 Å². The third-order valence-electron chi connectivity index (χ3n) is 3.05. The van der Waals surface area contributed by atoms with Crippen LogP contribution in [0.5, 0.6) is 11.5 Å². The van der Waals surface area contributed by atoms with Crippen LogP contribution in [0.3, 0.4) is 0 Å². The third kappa shape index (κ3) is 3.27. The maximum Gasteiger partial charge on any atom is 0.161 e. The lowest BCUT2D eigenvalue weighted by molar-refractivity contribution is 0.354. The van der Waals surface area contributed by atoms with Crippen LogP contribution in [0.4, 0.5) is 0 Å². The molecule has 1 unspecified atom stereocenters. The molecule has 0 fully saturated rings. The molecule has 0 bridgehead atoms. The van der Waals surface area contributed by atoms with Crippen LogP contribution in [-0.2, 0) is 0 Å². The molecule has 0 aliphatic rings. The summed E-state index contributed by atoms with van der Waals surface area (Å²) in [7, 11) is 3.23. The number of rotatable bonds is 4. The summed E-state index contributed by atoms with van der Waals surface area (Å²) in [5, 5.41) is 0. The zero-order valence-corrected chi connectivity index (χ0v) is 14.9. The van der Waals surface area contributed by atoms with E-state index in [4.69, 9.17) is 15.2 Å². The molecule has 0 heterocycles. The van der Waals surface area contributed by atoms with Gasteiger partial charge in [0.15, 0.2) is 11.5 Å². The lowest BCUT2D eigenvalue weighted by Crippen LogP contribution is -2.13. The van der Waals surface area contributed by atoms with Crippen LogP contribution in [0.25, 0.3) is 0 Å². The van der Waals surface area contributed by atoms with Gasteiger partial charge in [0.25, 0.3) is 0 Å². The van der Waals surface area contributed by atoms with Crippen molar-refractivity contribution >= 4 is 38.5 Å². The summed E-state index contributed by atoms with van der Waals surface area (Å²) in [4.78, 5) is 0. The summed E-state index contributed by atoms with van der Waals surface area (Å²) in [6.45, 7) is 0. The van der Waals surface area contributed by atoms with Crippen molar-refractivity contribution in [2.75, 3.05) is 14.2 Å². The lowest BCUT2D eigenvalue weighted by Gasteiger charge is -2.17. The fourth-order valence-electron chi connectivity index (χ4n) is 1.99. The molecular weight excluding hydrogens is 433 g/mol. The Labute approximate surface area is 140 Å². The van der Waals surface area contributed by atoms with Crippen LogP contribution in [0, 0.1) is 3.57 Å². The standard InChI is InChI=1S/C15H15BrINO2/c1-19-13-7-11(12(16)8-14(13)20-2)15(18)9-4-3-5-10(17)6-9/h3-8,15H,18H2,1-2H3.